The molecule has 0 aromatic heterocycles. The number of halogens is 1. The highest BCUT2D eigenvalue weighted by Crippen LogP contribution is 2.29. The summed E-state index contributed by atoms with van der Waals surface area (Å²) in [5.41, 5.74) is 1.61. The second-order valence-corrected chi connectivity index (χ2v) is 10.5. The summed E-state index contributed by atoms with van der Waals surface area (Å²) in [4.78, 5) is 50.2. The second kappa shape index (κ2) is 14.6. The highest BCUT2D eigenvalue weighted by molar-refractivity contribution is 8.00. The third-order valence-corrected chi connectivity index (χ3v) is 7.45. The molecule has 1 atom stereocenters. The Morgan fingerprint density at radius 2 is 1.58 bits per heavy atom. The second-order valence-electron chi connectivity index (χ2n) is 9.22. The van der Waals surface area contributed by atoms with Crippen molar-refractivity contribution in [3.05, 3.63) is 136 Å². The Labute approximate surface area is 251 Å². The van der Waals surface area contributed by atoms with E-state index >= 15 is 0 Å². The van der Waals surface area contributed by atoms with E-state index in [2.05, 4.69) is 16.0 Å². The van der Waals surface area contributed by atoms with Crippen LogP contribution in [0.4, 0.5) is 21.5 Å². The van der Waals surface area contributed by atoms with Crippen molar-refractivity contribution < 1.29 is 23.7 Å². The number of hydrogen-bond acceptors (Lipinski definition) is 6. The van der Waals surface area contributed by atoms with Gasteiger partial charge in [-0.05, 0) is 72.7 Å². The summed E-state index contributed by atoms with van der Waals surface area (Å²) >= 11 is 1.29. The van der Waals surface area contributed by atoms with Crippen LogP contribution in [0.25, 0.3) is 6.08 Å². The number of thioether (sulfide) groups is 1. The van der Waals surface area contributed by atoms with Gasteiger partial charge in [-0.3, -0.25) is 24.5 Å². The number of nitro groups is 1. The summed E-state index contributed by atoms with van der Waals surface area (Å²) in [5.74, 6) is -1.79. The normalized spacial score (nSPS) is 11.7. The molecular weight excluding hydrogens is 571 g/mol. The smallest absolute Gasteiger partial charge is 0.272 e. The average Bonchev–Trinajstić information content (AvgIpc) is 3.01. The molecule has 3 N–H and O–H groups in total. The van der Waals surface area contributed by atoms with Crippen molar-refractivity contribution in [3.63, 3.8) is 0 Å². The van der Waals surface area contributed by atoms with Gasteiger partial charge in [0.15, 0.2) is 0 Å². The van der Waals surface area contributed by atoms with Crippen LogP contribution in [-0.4, -0.2) is 27.9 Å². The van der Waals surface area contributed by atoms with E-state index in [1.807, 2.05) is 6.92 Å². The first-order valence-corrected chi connectivity index (χ1v) is 14.1. The Kier molecular flexibility index (Phi) is 10.4. The Morgan fingerprint density at radius 1 is 0.884 bits per heavy atom. The number of amides is 3. The lowest BCUT2D eigenvalue weighted by Crippen LogP contribution is -2.30. The summed E-state index contributed by atoms with van der Waals surface area (Å²) in [6, 6.07) is 26.4. The Bertz CT molecular complexity index is 1640. The molecular formula is C32H27FN4O5S. The largest absolute Gasteiger partial charge is 0.325 e. The van der Waals surface area contributed by atoms with Gasteiger partial charge in [-0.25, -0.2) is 4.39 Å². The SMILES string of the molecule is CCC(Sc1cccc(NC(=O)/C(=C/c2ccc(F)cc2)NC(=O)c2ccccc2)c1)C(=O)Nc1ccc([N+](=O)[O-])cc1. The minimum Gasteiger partial charge on any atom is -0.325 e. The van der Waals surface area contributed by atoms with Gasteiger partial charge in [0.1, 0.15) is 11.5 Å². The van der Waals surface area contributed by atoms with E-state index in [1.54, 1.807) is 54.6 Å². The molecule has 0 heterocycles. The minimum atomic E-state index is -0.598. The maximum absolute atomic E-state index is 13.4. The lowest BCUT2D eigenvalue weighted by atomic mass is 10.1. The van der Waals surface area contributed by atoms with Crippen LogP contribution in [0.1, 0.15) is 29.3 Å². The van der Waals surface area contributed by atoms with Gasteiger partial charge in [-0.2, -0.15) is 0 Å². The average molecular weight is 599 g/mol. The van der Waals surface area contributed by atoms with Crippen LogP contribution in [0.2, 0.25) is 0 Å². The van der Waals surface area contributed by atoms with E-state index in [0.717, 1.165) is 0 Å². The first-order valence-electron chi connectivity index (χ1n) is 13.2. The maximum atomic E-state index is 13.4. The molecule has 4 aromatic carbocycles. The lowest BCUT2D eigenvalue weighted by Gasteiger charge is -2.16. The van der Waals surface area contributed by atoms with Gasteiger partial charge >= 0.3 is 0 Å². The van der Waals surface area contributed by atoms with Gasteiger partial charge in [0, 0.05) is 34.0 Å². The summed E-state index contributed by atoms with van der Waals surface area (Å²) < 4.78 is 13.4. The molecule has 9 nitrogen and oxygen atoms in total. The van der Waals surface area contributed by atoms with Crippen molar-refractivity contribution in [1.29, 1.82) is 0 Å². The van der Waals surface area contributed by atoms with Crippen LogP contribution in [0, 0.1) is 15.9 Å². The van der Waals surface area contributed by atoms with Gasteiger partial charge in [0.2, 0.25) is 5.91 Å². The molecule has 11 heteroatoms. The number of rotatable bonds is 11. The number of hydrogen-bond donors (Lipinski definition) is 3. The van der Waals surface area contributed by atoms with Crippen molar-refractivity contribution in [1.82, 2.24) is 5.32 Å². The Hall–Kier alpha value is -5.29. The Morgan fingerprint density at radius 3 is 2.23 bits per heavy atom. The molecule has 4 rings (SSSR count). The van der Waals surface area contributed by atoms with Crippen LogP contribution in [0.3, 0.4) is 0 Å². The van der Waals surface area contributed by atoms with Gasteiger partial charge < -0.3 is 16.0 Å². The molecule has 0 fully saturated rings. The third-order valence-electron chi connectivity index (χ3n) is 6.09. The molecule has 0 spiro atoms. The molecule has 218 valence electrons. The first-order chi connectivity index (χ1) is 20.7. The van der Waals surface area contributed by atoms with E-state index in [4.69, 9.17) is 0 Å². The molecule has 43 heavy (non-hydrogen) atoms. The molecule has 3 amide bonds. The maximum Gasteiger partial charge on any atom is 0.272 e. The van der Waals surface area contributed by atoms with Crippen LogP contribution in [-0.2, 0) is 9.59 Å². The van der Waals surface area contributed by atoms with Gasteiger partial charge in [-0.15, -0.1) is 11.8 Å². The zero-order valence-corrected chi connectivity index (χ0v) is 23.8. The number of carbonyl (C=O) groups excluding carboxylic acids is 3. The topological polar surface area (TPSA) is 130 Å². The summed E-state index contributed by atoms with van der Waals surface area (Å²) in [6.07, 6.45) is 1.94. The third kappa shape index (κ3) is 8.85. The zero-order chi connectivity index (χ0) is 30.8. The highest BCUT2D eigenvalue weighted by Gasteiger charge is 2.20. The summed E-state index contributed by atoms with van der Waals surface area (Å²) in [7, 11) is 0. The number of nitrogens with one attached hydrogen (secondary N) is 3. The first kappa shape index (κ1) is 30.7. The fraction of sp³-hybridized carbons (Fsp3) is 0.0938. The van der Waals surface area contributed by atoms with Crippen LogP contribution in [0.15, 0.2) is 114 Å². The summed E-state index contributed by atoms with van der Waals surface area (Å²) in [5, 5.41) is 18.6. The lowest BCUT2D eigenvalue weighted by molar-refractivity contribution is -0.384. The molecule has 0 aliphatic rings. The highest BCUT2D eigenvalue weighted by atomic mass is 32.2. The van der Waals surface area contributed by atoms with Crippen molar-refractivity contribution >= 4 is 52.6 Å². The number of benzene rings is 4. The van der Waals surface area contributed by atoms with Gasteiger partial charge in [-0.1, -0.05) is 43.3 Å². The monoisotopic (exact) mass is 598 g/mol. The van der Waals surface area contributed by atoms with E-state index in [9.17, 15) is 28.9 Å². The zero-order valence-electron chi connectivity index (χ0n) is 23.0. The Balaban J connectivity index is 1.47. The van der Waals surface area contributed by atoms with Crippen molar-refractivity contribution in [2.45, 2.75) is 23.5 Å². The molecule has 0 aliphatic carbocycles. The number of non-ortho nitro benzene ring substituents is 1. The van der Waals surface area contributed by atoms with E-state index < -0.39 is 27.8 Å². The van der Waals surface area contributed by atoms with Crippen molar-refractivity contribution in [3.8, 4) is 0 Å². The van der Waals surface area contributed by atoms with Crippen LogP contribution >= 0.6 is 11.8 Å². The number of nitrogens with zero attached hydrogens (tertiary/aromatic N) is 1. The van der Waals surface area contributed by atoms with Crippen molar-refractivity contribution in [2.24, 2.45) is 0 Å². The molecule has 0 saturated carbocycles. The van der Waals surface area contributed by atoms with Gasteiger partial charge in [0.05, 0.1) is 10.2 Å². The molecule has 0 bridgehead atoms. The minimum absolute atomic E-state index is 0.0487. The van der Waals surface area contributed by atoms with Crippen molar-refractivity contribution in [2.75, 3.05) is 10.6 Å². The predicted octanol–water partition coefficient (Wildman–Crippen LogP) is 6.65. The fourth-order valence-corrected chi connectivity index (χ4v) is 4.90. The van der Waals surface area contributed by atoms with Crippen LogP contribution < -0.4 is 16.0 Å². The molecule has 4 aromatic rings. The number of carbonyl (C=O) groups is 3. The molecule has 0 saturated heterocycles. The number of anilines is 2. The van der Waals surface area contributed by atoms with Gasteiger partial charge in [0.25, 0.3) is 17.5 Å². The van der Waals surface area contributed by atoms with E-state index in [1.165, 1.54) is 66.4 Å². The molecule has 0 radical (unpaired) electrons. The quantitative estimate of drug-likeness (QED) is 0.0767. The summed E-state index contributed by atoms with van der Waals surface area (Å²) in [6.45, 7) is 1.86. The molecule has 0 aliphatic heterocycles. The standard InChI is InChI=1S/C32H27FN4O5S/c1-2-29(32(40)34-24-15-17-26(18-16-24)37(41)42)43-27-10-6-9-25(20-27)35-31(39)28(19-21-11-13-23(33)14-12-21)36-30(38)22-7-4-3-5-8-22/h3-20,29H,2H2,1H3,(H,34,40)(H,35,39)(H,36,38)/b28-19-. The predicted molar refractivity (Wildman–Crippen MR) is 165 cm³/mol. The fourth-order valence-electron chi connectivity index (χ4n) is 3.89. The van der Waals surface area contributed by atoms with E-state index in [0.29, 0.717) is 33.8 Å². The van der Waals surface area contributed by atoms with Crippen LogP contribution in [0.5, 0.6) is 0 Å². The molecule has 1 unspecified atom stereocenters. The number of nitro benzene ring substituents is 1. The van der Waals surface area contributed by atoms with E-state index in [-0.39, 0.29) is 17.3 Å².